The highest BCUT2D eigenvalue weighted by molar-refractivity contribution is 5.89. The molecule has 2 fully saturated rings. The zero-order valence-corrected chi connectivity index (χ0v) is 12.6. The van der Waals surface area contributed by atoms with Crippen molar-refractivity contribution in [2.75, 3.05) is 39.8 Å². The van der Waals surface area contributed by atoms with Crippen molar-refractivity contribution < 1.29 is 14.7 Å². The average Bonchev–Trinajstić information content (AvgIpc) is 3.17. The van der Waals surface area contributed by atoms with Crippen LogP contribution in [-0.4, -0.2) is 72.1 Å². The summed E-state index contributed by atoms with van der Waals surface area (Å²) in [6, 6.07) is 0. The molecule has 2 aliphatic rings. The largest absolute Gasteiger partial charge is 0.481 e. The average molecular weight is 283 g/mol. The molecule has 1 amide bonds. The molecule has 0 aromatic carbocycles. The first-order valence-corrected chi connectivity index (χ1v) is 7.25. The first kappa shape index (κ1) is 15.3. The number of nitrogens with one attached hydrogen (secondary N) is 1. The van der Waals surface area contributed by atoms with Gasteiger partial charge in [-0.05, 0) is 27.3 Å². The van der Waals surface area contributed by atoms with Gasteiger partial charge in [-0.25, -0.2) is 0 Å². The topological polar surface area (TPSA) is 72.9 Å². The van der Waals surface area contributed by atoms with Crippen molar-refractivity contribution in [3.63, 3.8) is 0 Å². The molecule has 2 rings (SSSR count). The monoisotopic (exact) mass is 283 g/mol. The molecule has 6 nitrogen and oxygen atoms in total. The first-order chi connectivity index (χ1) is 9.31. The van der Waals surface area contributed by atoms with Crippen LogP contribution in [0.3, 0.4) is 0 Å². The smallest absolute Gasteiger partial charge is 0.307 e. The summed E-state index contributed by atoms with van der Waals surface area (Å²) >= 11 is 0. The van der Waals surface area contributed by atoms with Gasteiger partial charge in [0.2, 0.25) is 5.91 Å². The molecule has 2 N–H and O–H groups in total. The molecular weight excluding hydrogens is 258 g/mol. The van der Waals surface area contributed by atoms with Crippen molar-refractivity contribution in [1.29, 1.82) is 0 Å². The number of carbonyl (C=O) groups is 2. The van der Waals surface area contributed by atoms with E-state index in [0.717, 1.165) is 26.2 Å². The Bertz CT molecular complexity index is 389. The minimum Gasteiger partial charge on any atom is -0.481 e. The van der Waals surface area contributed by atoms with Crippen molar-refractivity contribution in [2.24, 2.45) is 11.8 Å². The molecule has 0 spiro atoms. The van der Waals surface area contributed by atoms with Gasteiger partial charge in [0.05, 0.1) is 11.8 Å². The number of piperazine rings is 1. The van der Waals surface area contributed by atoms with Gasteiger partial charge in [0.1, 0.15) is 0 Å². The number of nitrogens with zero attached hydrogens (tertiary/aromatic N) is 2. The van der Waals surface area contributed by atoms with E-state index in [2.05, 4.69) is 36.0 Å². The third kappa shape index (κ3) is 3.49. The van der Waals surface area contributed by atoms with Gasteiger partial charge in [-0.3, -0.25) is 14.5 Å². The highest BCUT2D eigenvalue weighted by Gasteiger charge is 2.48. The van der Waals surface area contributed by atoms with Crippen LogP contribution >= 0.6 is 0 Å². The second kappa shape index (κ2) is 5.69. The number of rotatable bonds is 5. The number of carbonyl (C=O) groups excluding carboxylic acids is 1. The summed E-state index contributed by atoms with van der Waals surface area (Å²) in [5.41, 5.74) is -0.0927. The SMILES string of the molecule is CN1CCN(C(C)(C)CNC(=O)C2CC2C(=O)O)CC1. The van der Waals surface area contributed by atoms with Crippen LogP contribution in [0.25, 0.3) is 0 Å². The number of likely N-dealkylation sites (N-methyl/N-ethyl adjacent to an activating group) is 1. The lowest BCUT2D eigenvalue weighted by Crippen LogP contribution is -2.58. The summed E-state index contributed by atoms with van der Waals surface area (Å²) in [5, 5.41) is 11.8. The molecule has 0 aromatic heterocycles. The Morgan fingerprint density at radius 3 is 2.30 bits per heavy atom. The second-order valence-corrected chi connectivity index (χ2v) is 6.61. The van der Waals surface area contributed by atoms with Crippen LogP contribution in [0.2, 0.25) is 0 Å². The van der Waals surface area contributed by atoms with Gasteiger partial charge in [0.15, 0.2) is 0 Å². The lowest BCUT2D eigenvalue weighted by Gasteiger charge is -2.43. The van der Waals surface area contributed by atoms with Crippen LogP contribution in [0.5, 0.6) is 0 Å². The number of amides is 1. The molecule has 20 heavy (non-hydrogen) atoms. The quantitative estimate of drug-likeness (QED) is 0.734. The van der Waals surface area contributed by atoms with Gasteiger partial charge < -0.3 is 15.3 Å². The van der Waals surface area contributed by atoms with E-state index in [0.29, 0.717) is 13.0 Å². The highest BCUT2D eigenvalue weighted by atomic mass is 16.4. The van der Waals surface area contributed by atoms with Gasteiger partial charge >= 0.3 is 5.97 Å². The van der Waals surface area contributed by atoms with Crippen molar-refractivity contribution in [3.8, 4) is 0 Å². The Kier molecular flexibility index (Phi) is 4.34. The number of hydrogen-bond donors (Lipinski definition) is 2. The summed E-state index contributed by atoms with van der Waals surface area (Å²) in [4.78, 5) is 27.3. The Hall–Kier alpha value is -1.14. The van der Waals surface area contributed by atoms with Gasteiger partial charge in [0, 0.05) is 38.3 Å². The second-order valence-electron chi connectivity index (χ2n) is 6.61. The van der Waals surface area contributed by atoms with Crippen LogP contribution in [-0.2, 0) is 9.59 Å². The summed E-state index contributed by atoms with van der Waals surface area (Å²) in [6.45, 7) is 8.90. The van der Waals surface area contributed by atoms with E-state index in [1.807, 2.05) is 0 Å². The van der Waals surface area contributed by atoms with Crippen molar-refractivity contribution >= 4 is 11.9 Å². The highest BCUT2D eigenvalue weighted by Crippen LogP contribution is 2.38. The molecule has 1 heterocycles. The number of aliphatic carboxylic acids is 1. The predicted molar refractivity (Wildman–Crippen MR) is 75.4 cm³/mol. The molecule has 0 radical (unpaired) electrons. The number of carboxylic acid groups (broad SMARTS) is 1. The van der Waals surface area contributed by atoms with Crippen LogP contribution in [0.15, 0.2) is 0 Å². The van der Waals surface area contributed by atoms with Gasteiger partial charge in [-0.15, -0.1) is 0 Å². The molecular formula is C14H25N3O3. The standard InChI is InChI=1S/C14H25N3O3/c1-14(2,17-6-4-16(3)5-7-17)9-15-12(18)10-8-11(10)13(19)20/h10-11H,4-9H2,1-3H3,(H,15,18)(H,19,20). The number of hydrogen-bond acceptors (Lipinski definition) is 4. The maximum absolute atomic E-state index is 11.9. The fraction of sp³-hybridized carbons (Fsp3) is 0.857. The van der Waals surface area contributed by atoms with E-state index >= 15 is 0 Å². The van der Waals surface area contributed by atoms with E-state index in [-0.39, 0.29) is 17.4 Å². The lowest BCUT2D eigenvalue weighted by atomic mass is 10.0. The molecule has 1 aliphatic heterocycles. The Balaban J connectivity index is 1.77. The molecule has 0 bridgehead atoms. The van der Waals surface area contributed by atoms with E-state index in [1.54, 1.807) is 0 Å². The molecule has 1 aliphatic carbocycles. The molecule has 2 atom stereocenters. The molecule has 114 valence electrons. The third-order valence-electron chi connectivity index (χ3n) is 4.50. The van der Waals surface area contributed by atoms with Crippen LogP contribution in [0.4, 0.5) is 0 Å². The van der Waals surface area contributed by atoms with E-state index in [1.165, 1.54) is 0 Å². The van der Waals surface area contributed by atoms with E-state index in [9.17, 15) is 9.59 Å². The van der Waals surface area contributed by atoms with Crippen molar-refractivity contribution in [2.45, 2.75) is 25.8 Å². The number of carboxylic acids is 1. The lowest BCUT2D eigenvalue weighted by molar-refractivity contribution is -0.140. The summed E-state index contributed by atoms with van der Waals surface area (Å²) < 4.78 is 0. The summed E-state index contributed by atoms with van der Waals surface area (Å²) in [6.07, 6.45) is 0.482. The van der Waals surface area contributed by atoms with E-state index < -0.39 is 11.9 Å². The zero-order chi connectivity index (χ0) is 14.9. The maximum Gasteiger partial charge on any atom is 0.307 e. The zero-order valence-electron chi connectivity index (χ0n) is 12.6. The normalized spacial score (nSPS) is 28.1. The molecule has 1 saturated carbocycles. The van der Waals surface area contributed by atoms with Crippen LogP contribution in [0, 0.1) is 11.8 Å². The van der Waals surface area contributed by atoms with Gasteiger partial charge in [-0.2, -0.15) is 0 Å². The molecule has 1 saturated heterocycles. The third-order valence-corrected chi connectivity index (χ3v) is 4.50. The predicted octanol–water partition coefficient (Wildman–Crippen LogP) is -0.151. The van der Waals surface area contributed by atoms with Gasteiger partial charge in [0.25, 0.3) is 0 Å². The summed E-state index contributed by atoms with van der Waals surface area (Å²) in [5.74, 6) is -1.76. The minimum atomic E-state index is -0.858. The fourth-order valence-electron chi connectivity index (χ4n) is 2.72. The maximum atomic E-state index is 11.9. The fourth-order valence-corrected chi connectivity index (χ4v) is 2.72. The minimum absolute atomic E-state index is 0.0927. The van der Waals surface area contributed by atoms with Crippen LogP contribution < -0.4 is 5.32 Å². The van der Waals surface area contributed by atoms with E-state index in [4.69, 9.17) is 5.11 Å². The van der Waals surface area contributed by atoms with Crippen molar-refractivity contribution in [1.82, 2.24) is 15.1 Å². The van der Waals surface area contributed by atoms with Crippen molar-refractivity contribution in [3.05, 3.63) is 0 Å². The molecule has 6 heteroatoms. The summed E-state index contributed by atoms with van der Waals surface area (Å²) in [7, 11) is 2.12. The molecule has 0 aromatic rings. The Labute approximate surface area is 120 Å². The first-order valence-electron chi connectivity index (χ1n) is 7.25. The Morgan fingerprint density at radius 1 is 1.20 bits per heavy atom. The van der Waals surface area contributed by atoms with Gasteiger partial charge in [-0.1, -0.05) is 0 Å². The van der Waals surface area contributed by atoms with Crippen LogP contribution in [0.1, 0.15) is 20.3 Å². The molecule has 2 unspecified atom stereocenters. The Morgan fingerprint density at radius 2 is 1.80 bits per heavy atom.